The summed E-state index contributed by atoms with van der Waals surface area (Å²) in [4.78, 5) is 13.2. The minimum atomic E-state index is -3.62. The van der Waals surface area contributed by atoms with Crippen LogP contribution in [0.4, 0.5) is 0 Å². The summed E-state index contributed by atoms with van der Waals surface area (Å²) >= 11 is -1.23. The second kappa shape index (κ2) is 13.9. The van der Waals surface area contributed by atoms with E-state index < -0.39 is 26.0 Å². The van der Waals surface area contributed by atoms with Gasteiger partial charge in [-0.3, -0.25) is 0 Å². The SMILES string of the molecule is CCC[CH2][Sn]([CH2]CCC)([CH2]CCC)[c]1sc(C)c(C=O)c1P(=O)(OC(C)C)OC(C)C. The molecule has 0 aliphatic carbocycles. The molecule has 0 aliphatic rings. The van der Waals surface area contributed by atoms with Crippen molar-refractivity contribution in [2.45, 2.75) is 119 Å². The first-order valence-corrected chi connectivity index (χ1v) is 22.0. The summed E-state index contributed by atoms with van der Waals surface area (Å²) in [5.74, 6) is 0. The van der Waals surface area contributed by atoms with Gasteiger partial charge in [0.05, 0.1) is 0 Å². The van der Waals surface area contributed by atoms with Crippen molar-refractivity contribution in [3.05, 3.63) is 10.4 Å². The number of thiophene rings is 1. The summed E-state index contributed by atoms with van der Waals surface area (Å²) in [5.41, 5.74) is 0.565. The molecular formula is C24H45O4PSSn. The van der Waals surface area contributed by atoms with Crippen molar-refractivity contribution in [3.63, 3.8) is 0 Å². The van der Waals surface area contributed by atoms with Gasteiger partial charge >= 0.3 is 200 Å². The van der Waals surface area contributed by atoms with Crippen LogP contribution >= 0.6 is 18.9 Å². The Morgan fingerprint density at radius 1 is 0.903 bits per heavy atom. The molecule has 180 valence electrons. The molecule has 0 bridgehead atoms. The zero-order chi connectivity index (χ0) is 23.7. The molecular weight excluding hydrogens is 534 g/mol. The van der Waals surface area contributed by atoms with Crippen LogP contribution in [0.3, 0.4) is 0 Å². The third-order valence-corrected chi connectivity index (χ3v) is 28.3. The Morgan fingerprint density at radius 3 is 1.65 bits per heavy atom. The molecule has 0 aromatic carbocycles. The van der Waals surface area contributed by atoms with E-state index in [0.717, 1.165) is 11.2 Å². The second-order valence-corrected chi connectivity index (χ2v) is 26.4. The molecule has 0 N–H and O–H groups in total. The van der Waals surface area contributed by atoms with Crippen molar-refractivity contribution < 1.29 is 18.4 Å². The molecule has 0 radical (unpaired) electrons. The van der Waals surface area contributed by atoms with E-state index in [1.165, 1.54) is 54.7 Å². The van der Waals surface area contributed by atoms with E-state index in [0.29, 0.717) is 10.9 Å². The fraction of sp³-hybridized carbons (Fsp3) is 0.792. The molecule has 0 saturated carbocycles. The normalized spacial score (nSPS) is 12.8. The Morgan fingerprint density at radius 2 is 1.32 bits per heavy atom. The van der Waals surface area contributed by atoms with Gasteiger partial charge in [0.25, 0.3) is 0 Å². The van der Waals surface area contributed by atoms with Crippen LogP contribution in [0.1, 0.15) is 102 Å². The van der Waals surface area contributed by atoms with Gasteiger partial charge in [-0.25, -0.2) is 0 Å². The fourth-order valence-corrected chi connectivity index (χ4v) is 30.6. The molecule has 0 atom stereocenters. The predicted molar refractivity (Wildman–Crippen MR) is 139 cm³/mol. The summed E-state index contributed by atoms with van der Waals surface area (Å²) < 4.78 is 31.5. The van der Waals surface area contributed by atoms with Crippen molar-refractivity contribution in [2.75, 3.05) is 0 Å². The third-order valence-electron chi connectivity index (χ3n) is 5.70. The minimum absolute atomic E-state index is 0.247. The predicted octanol–water partition coefficient (Wildman–Crippen LogP) is 7.59. The Kier molecular flexibility index (Phi) is 13.1. The van der Waals surface area contributed by atoms with Crippen molar-refractivity contribution in [2.24, 2.45) is 0 Å². The van der Waals surface area contributed by atoms with Crippen LogP contribution in [0.15, 0.2) is 0 Å². The molecule has 4 nitrogen and oxygen atoms in total. The van der Waals surface area contributed by atoms with Crippen LogP contribution in [0.25, 0.3) is 0 Å². The number of carbonyl (C=O) groups is 1. The first-order valence-electron chi connectivity index (χ1n) is 12.2. The number of rotatable bonds is 16. The monoisotopic (exact) mass is 580 g/mol. The average Bonchev–Trinajstić information content (AvgIpc) is 3.04. The molecule has 0 fully saturated rings. The molecule has 1 heterocycles. The number of hydrogen-bond donors (Lipinski definition) is 0. The number of carbonyl (C=O) groups excluding carboxylic acids is 1. The van der Waals surface area contributed by atoms with Gasteiger partial charge in [-0.05, 0) is 0 Å². The third kappa shape index (κ3) is 7.95. The molecule has 0 spiro atoms. The van der Waals surface area contributed by atoms with Crippen molar-refractivity contribution >= 4 is 51.8 Å². The van der Waals surface area contributed by atoms with Gasteiger partial charge in [-0.1, -0.05) is 0 Å². The molecule has 7 heteroatoms. The van der Waals surface area contributed by atoms with E-state index in [-0.39, 0.29) is 12.2 Å². The molecule has 1 rings (SSSR count). The van der Waals surface area contributed by atoms with Crippen LogP contribution in [-0.2, 0) is 13.6 Å². The van der Waals surface area contributed by atoms with Crippen LogP contribution in [0, 0.1) is 6.92 Å². The quantitative estimate of drug-likeness (QED) is 0.115. The van der Waals surface area contributed by atoms with Crippen LogP contribution in [0.2, 0.25) is 13.3 Å². The Hall–Kier alpha value is 0.319. The first kappa shape index (κ1) is 29.4. The maximum absolute atomic E-state index is 14.4. The molecule has 0 saturated heterocycles. The number of hydrogen-bond acceptors (Lipinski definition) is 5. The van der Waals surface area contributed by atoms with Crippen LogP contribution in [0.5, 0.6) is 0 Å². The molecule has 0 amide bonds. The van der Waals surface area contributed by atoms with Gasteiger partial charge in [0, 0.05) is 0 Å². The summed E-state index contributed by atoms with van der Waals surface area (Å²) in [7, 11) is -3.62. The topological polar surface area (TPSA) is 52.6 Å². The summed E-state index contributed by atoms with van der Waals surface area (Å²) in [6, 6.07) is 0. The number of unbranched alkanes of at least 4 members (excludes halogenated alkanes) is 3. The van der Waals surface area contributed by atoms with E-state index in [4.69, 9.17) is 9.05 Å². The molecule has 31 heavy (non-hydrogen) atoms. The molecule has 0 aliphatic heterocycles. The number of aldehydes is 1. The Balaban J connectivity index is 3.86. The van der Waals surface area contributed by atoms with E-state index in [2.05, 4.69) is 20.8 Å². The molecule has 1 aromatic rings. The Bertz CT molecular complexity index is 694. The van der Waals surface area contributed by atoms with Crippen molar-refractivity contribution in [1.29, 1.82) is 0 Å². The van der Waals surface area contributed by atoms with Crippen molar-refractivity contribution in [3.8, 4) is 0 Å². The van der Waals surface area contributed by atoms with Crippen LogP contribution in [-0.4, -0.2) is 36.9 Å². The molecule has 1 aromatic heterocycles. The van der Waals surface area contributed by atoms with Crippen molar-refractivity contribution in [1.82, 2.24) is 0 Å². The zero-order valence-electron chi connectivity index (χ0n) is 21.1. The van der Waals surface area contributed by atoms with E-state index in [1.807, 2.05) is 34.6 Å². The average molecular weight is 579 g/mol. The van der Waals surface area contributed by atoms with E-state index in [1.54, 1.807) is 11.3 Å². The van der Waals surface area contributed by atoms with E-state index >= 15 is 0 Å². The van der Waals surface area contributed by atoms with Gasteiger partial charge in [-0.15, -0.1) is 0 Å². The summed E-state index contributed by atoms with van der Waals surface area (Å²) in [5, 5.41) is 0.645. The fourth-order valence-electron chi connectivity index (χ4n) is 4.26. The Labute approximate surface area is 199 Å². The van der Waals surface area contributed by atoms with Gasteiger partial charge in [-0.2, -0.15) is 0 Å². The zero-order valence-corrected chi connectivity index (χ0v) is 25.6. The van der Waals surface area contributed by atoms with Gasteiger partial charge in [0.15, 0.2) is 0 Å². The standard InChI is InChI=1S/C12H18O4PS.3C4H9.Sn/c1-8(2)15-17(14,16-9(3)4)12-7-18-10(5)11(12)6-13;3*1-3-4-2;/h6,8-9H,1-5H3;3*1,3-4H2,2H3;. The number of aryl methyl sites for hydroxylation is 1. The van der Waals surface area contributed by atoms with Gasteiger partial charge in [0.1, 0.15) is 0 Å². The first-order chi connectivity index (χ1) is 14.6. The summed E-state index contributed by atoms with van der Waals surface area (Å²) in [6.07, 6.45) is 7.51. The van der Waals surface area contributed by atoms with Gasteiger partial charge < -0.3 is 0 Å². The second-order valence-electron chi connectivity index (χ2n) is 9.26. The maximum atomic E-state index is 14.4. The van der Waals surface area contributed by atoms with Gasteiger partial charge in [0.2, 0.25) is 0 Å². The molecule has 0 unspecified atom stereocenters. The van der Waals surface area contributed by atoms with Crippen LogP contribution < -0.4 is 8.20 Å². The van der Waals surface area contributed by atoms with E-state index in [9.17, 15) is 9.36 Å². The summed E-state index contributed by atoms with van der Waals surface area (Å²) in [6.45, 7) is 16.3.